The molecule has 0 aliphatic carbocycles. The van der Waals surface area contributed by atoms with E-state index in [2.05, 4.69) is 49.5 Å². The van der Waals surface area contributed by atoms with E-state index in [9.17, 15) is 30.0 Å². The molecular weight excluding hydrogens is 616 g/mol. The monoisotopic (exact) mass is 680 g/mol. The average Bonchev–Trinajstić information content (AvgIpc) is 3.08. The van der Waals surface area contributed by atoms with Crippen LogP contribution in [0.2, 0.25) is 0 Å². The minimum absolute atomic E-state index is 0.207. The van der Waals surface area contributed by atoms with Crippen molar-refractivity contribution in [2.75, 3.05) is 19.8 Å². The Bertz CT molecular complexity index is 928. The lowest BCUT2D eigenvalue weighted by Crippen LogP contribution is -2.59. The summed E-state index contributed by atoms with van der Waals surface area (Å²) in [6.07, 6.45) is 24.4. The summed E-state index contributed by atoms with van der Waals surface area (Å²) < 4.78 is 21.9. The zero-order valence-corrected chi connectivity index (χ0v) is 29.5. The number of hydrogen-bond donors (Lipinski definition) is 4. The Hall–Kier alpha value is -2.34. The molecule has 0 amide bonds. The van der Waals surface area contributed by atoms with Crippen molar-refractivity contribution in [3.05, 3.63) is 48.6 Å². The third kappa shape index (κ3) is 21.6. The molecule has 0 saturated carbocycles. The average molecular weight is 681 g/mol. The van der Waals surface area contributed by atoms with Gasteiger partial charge in [-0.25, -0.2) is 0 Å². The molecule has 1 aliphatic rings. The molecule has 276 valence electrons. The Morgan fingerprint density at radius 3 is 1.88 bits per heavy atom. The Morgan fingerprint density at radius 2 is 1.25 bits per heavy atom. The molecular formula is C38H64O10. The summed E-state index contributed by atoms with van der Waals surface area (Å²) in [5.41, 5.74) is 0. The molecule has 0 aromatic rings. The number of rotatable bonds is 28. The van der Waals surface area contributed by atoms with Gasteiger partial charge in [-0.05, 0) is 64.7 Å². The van der Waals surface area contributed by atoms with E-state index >= 15 is 0 Å². The van der Waals surface area contributed by atoms with Crippen LogP contribution in [0, 0.1) is 0 Å². The maximum absolute atomic E-state index is 12.7. The normalized spacial score (nSPS) is 22.3. The van der Waals surface area contributed by atoms with Crippen LogP contribution in [0.15, 0.2) is 48.6 Å². The van der Waals surface area contributed by atoms with Crippen molar-refractivity contribution in [2.45, 2.75) is 160 Å². The van der Waals surface area contributed by atoms with Crippen LogP contribution in [0.5, 0.6) is 0 Å². The predicted octanol–water partition coefficient (Wildman–Crippen LogP) is 6.15. The predicted molar refractivity (Wildman–Crippen MR) is 187 cm³/mol. The van der Waals surface area contributed by atoms with Crippen LogP contribution in [0.4, 0.5) is 0 Å². The van der Waals surface area contributed by atoms with E-state index in [4.69, 9.17) is 18.9 Å². The van der Waals surface area contributed by atoms with Gasteiger partial charge in [0.2, 0.25) is 0 Å². The largest absolute Gasteiger partial charge is 0.462 e. The highest BCUT2D eigenvalue weighted by Gasteiger charge is 2.44. The molecule has 0 spiro atoms. The quantitative estimate of drug-likeness (QED) is 0.0430. The second kappa shape index (κ2) is 29.6. The molecule has 1 fully saturated rings. The van der Waals surface area contributed by atoms with E-state index in [1.165, 1.54) is 0 Å². The number of carbonyl (C=O) groups is 2. The van der Waals surface area contributed by atoms with Crippen LogP contribution >= 0.6 is 0 Å². The van der Waals surface area contributed by atoms with Gasteiger partial charge >= 0.3 is 11.9 Å². The van der Waals surface area contributed by atoms with E-state index < -0.39 is 55.4 Å². The number of hydrogen-bond acceptors (Lipinski definition) is 10. The Morgan fingerprint density at radius 1 is 0.688 bits per heavy atom. The van der Waals surface area contributed by atoms with E-state index in [0.29, 0.717) is 12.8 Å². The lowest BCUT2D eigenvalue weighted by atomic mass is 9.99. The highest BCUT2D eigenvalue weighted by Crippen LogP contribution is 2.22. The third-order valence-electron chi connectivity index (χ3n) is 8.04. The summed E-state index contributed by atoms with van der Waals surface area (Å²) in [5.74, 6) is -0.850. The molecule has 1 heterocycles. The molecule has 0 aromatic heterocycles. The fourth-order valence-electron chi connectivity index (χ4n) is 5.14. The van der Waals surface area contributed by atoms with Gasteiger partial charge in [-0.3, -0.25) is 9.59 Å². The molecule has 0 aromatic carbocycles. The summed E-state index contributed by atoms with van der Waals surface area (Å²) >= 11 is 0. The Labute approximate surface area is 288 Å². The van der Waals surface area contributed by atoms with Gasteiger partial charge in [0, 0.05) is 12.8 Å². The summed E-state index contributed by atoms with van der Waals surface area (Å²) in [6, 6.07) is 0. The van der Waals surface area contributed by atoms with Gasteiger partial charge in [0.25, 0.3) is 0 Å². The van der Waals surface area contributed by atoms with Gasteiger partial charge in [0.15, 0.2) is 12.4 Å². The number of ether oxygens (including phenoxy) is 4. The molecule has 0 unspecified atom stereocenters. The topological polar surface area (TPSA) is 152 Å². The van der Waals surface area contributed by atoms with Crippen LogP contribution < -0.4 is 0 Å². The molecule has 48 heavy (non-hydrogen) atoms. The highest BCUT2D eigenvalue weighted by molar-refractivity contribution is 5.70. The summed E-state index contributed by atoms with van der Waals surface area (Å²) in [5, 5.41) is 39.8. The summed E-state index contributed by atoms with van der Waals surface area (Å²) in [6.45, 7) is 3.03. The number of unbranched alkanes of at least 4 members (excludes halogenated alkanes) is 10. The van der Waals surface area contributed by atoms with Crippen LogP contribution in [0.25, 0.3) is 0 Å². The number of aliphatic hydroxyl groups excluding tert-OH is 4. The third-order valence-corrected chi connectivity index (χ3v) is 8.04. The molecule has 1 aliphatic heterocycles. The SMILES string of the molecule is C/C=C/CCCCCCCC(=O)OC[C@H](CO[C@@H]1O[C@H](CO)[C@H](O)[C@H](O)[C@H]1O)OC(=O)CCCCCCC/C=C\C/C=C/C/C=C\CC. The van der Waals surface area contributed by atoms with Gasteiger partial charge in [-0.2, -0.15) is 0 Å². The van der Waals surface area contributed by atoms with Crippen molar-refractivity contribution in [2.24, 2.45) is 0 Å². The molecule has 0 radical (unpaired) electrons. The molecule has 4 N–H and O–H groups in total. The van der Waals surface area contributed by atoms with Crippen molar-refractivity contribution in [1.29, 1.82) is 0 Å². The van der Waals surface area contributed by atoms with Gasteiger partial charge < -0.3 is 39.4 Å². The molecule has 10 nitrogen and oxygen atoms in total. The van der Waals surface area contributed by atoms with Crippen LogP contribution in [0.3, 0.4) is 0 Å². The second-order valence-corrected chi connectivity index (χ2v) is 12.3. The fraction of sp³-hybridized carbons (Fsp3) is 0.737. The molecule has 1 saturated heterocycles. The number of carbonyl (C=O) groups excluding carboxylic acids is 2. The minimum Gasteiger partial charge on any atom is -0.462 e. The van der Waals surface area contributed by atoms with Gasteiger partial charge in [-0.1, -0.05) is 94.1 Å². The zero-order chi connectivity index (χ0) is 35.2. The van der Waals surface area contributed by atoms with Crippen molar-refractivity contribution < 1.29 is 49.0 Å². The highest BCUT2D eigenvalue weighted by atomic mass is 16.7. The number of aliphatic hydroxyl groups is 4. The van der Waals surface area contributed by atoms with Crippen molar-refractivity contribution in [3.8, 4) is 0 Å². The minimum atomic E-state index is -1.60. The van der Waals surface area contributed by atoms with Gasteiger partial charge in [0.05, 0.1) is 13.2 Å². The second-order valence-electron chi connectivity index (χ2n) is 12.3. The van der Waals surface area contributed by atoms with Crippen LogP contribution in [-0.4, -0.2) is 89.0 Å². The first-order chi connectivity index (χ1) is 23.3. The number of esters is 2. The lowest BCUT2D eigenvalue weighted by Gasteiger charge is -2.39. The first-order valence-corrected chi connectivity index (χ1v) is 18.2. The van der Waals surface area contributed by atoms with Crippen molar-refractivity contribution in [3.63, 3.8) is 0 Å². The van der Waals surface area contributed by atoms with Gasteiger partial charge in [0.1, 0.15) is 31.0 Å². The fourth-order valence-corrected chi connectivity index (χ4v) is 5.14. The van der Waals surface area contributed by atoms with E-state index in [-0.39, 0.29) is 26.1 Å². The Balaban J connectivity index is 2.42. The maximum Gasteiger partial charge on any atom is 0.306 e. The molecule has 0 bridgehead atoms. The first kappa shape index (κ1) is 43.7. The number of allylic oxidation sites excluding steroid dienone is 8. The smallest absolute Gasteiger partial charge is 0.306 e. The van der Waals surface area contributed by atoms with E-state index in [1.807, 2.05) is 13.0 Å². The lowest BCUT2D eigenvalue weighted by molar-refractivity contribution is -0.305. The van der Waals surface area contributed by atoms with Gasteiger partial charge in [-0.15, -0.1) is 0 Å². The van der Waals surface area contributed by atoms with Crippen LogP contribution in [0.1, 0.15) is 123 Å². The molecule has 10 heteroatoms. The van der Waals surface area contributed by atoms with E-state index in [1.54, 1.807) is 0 Å². The summed E-state index contributed by atoms with van der Waals surface area (Å²) in [7, 11) is 0. The summed E-state index contributed by atoms with van der Waals surface area (Å²) in [4.78, 5) is 25.0. The first-order valence-electron chi connectivity index (χ1n) is 18.2. The Kier molecular flexibility index (Phi) is 26.9. The standard InChI is InChI=1S/C38H64O10/c1-3-5-7-9-11-13-14-15-16-17-18-19-21-23-25-27-34(41)47-31(29-45-33(40)26-24-22-20-12-10-8-6-4-2)30-46-38-37(44)36(43)35(42)32(28-39)48-38/h4-7,11,13,15-16,31-32,35-39,42-44H,3,8-10,12,14,17-30H2,1-2H3/b6-4+,7-5-,13-11+,16-15-/t31-,32-,35+,36+,37-,38-/m1/s1. The zero-order valence-electron chi connectivity index (χ0n) is 29.5. The van der Waals surface area contributed by atoms with Crippen molar-refractivity contribution >= 4 is 11.9 Å². The van der Waals surface area contributed by atoms with Crippen molar-refractivity contribution in [1.82, 2.24) is 0 Å². The molecule has 1 rings (SSSR count). The van der Waals surface area contributed by atoms with Crippen LogP contribution in [-0.2, 0) is 28.5 Å². The molecule has 6 atom stereocenters. The maximum atomic E-state index is 12.7. The van der Waals surface area contributed by atoms with E-state index in [0.717, 1.165) is 83.5 Å².